The largest absolute Gasteiger partial charge is 0.493 e. The molecule has 0 radical (unpaired) electrons. The van der Waals surface area contributed by atoms with Crippen LogP contribution in [0.25, 0.3) is 44.2 Å². The van der Waals surface area contributed by atoms with Crippen molar-refractivity contribution in [3.63, 3.8) is 0 Å². The van der Waals surface area contributed by atoms with Crippen LogP contribution in [0.4, 0.5) is 0 Å². The van der Waals surface area contributed by atoms with Crippen molar-refractivity contribution in [3.05, 3.63) is 48.7 Å². The van der Waals surface area contributed by atoms with Gasteiger partial charge in [-0.05, 0) is 24.3 Å². The monoisotopic (exact) mass is 301 g/mol. The molecule has 5 rings (SSSR count). The Morgan fingerprint density at radius 2 is 1.78 bits per heavy atom. The van der Waals surface area contributed by atoms with Gasteiger partial charge in [0.2, 0.25) is 5.88 Å². The number of imidazole rings is 1. The average Bonchev–Trinajstić information content (AvgIpc) is 3.17. The zero-order chi connectivity index (χ0) is 15.4. The first kappa shape index (κ1) is 12.2. The molecule has 3 heterocycles. The topological polar surface area (TPSA) is 90.5 Å². The second kappa shape index (κ2) is 4.30. The van der Waals surface area contributed by atoms with Gasteiger partial charge in [0.05, 0.1) is 27.6 Å². The molecule has 6 nitrogen and oxygen atoms in total. The normalized spacial score (nSPS) is 11.7. The quantitative estimate of drug-likeness (QED) is 0.443. The van der Waals surface area contributed by atoms with Gasteiger partial charge in [0.15, 0.2) is 0 Å². The number of aromatic nitrogens is 5. The molecule has 0 aliphatic rings. The Kier molecular flexibility index (Phi) is 2.27. The van der Waals surface area contributed by atoms with Crippen LogP contribution in [0.15, 0.2) is 48.7 Å². The van der Waals surface area contributed by atoms with E-state index in [0.29, 0.717) is 11.4 Å². The van der Waals surface area contributed by atoms with Crippen molar-refractivity contribution in [1.82, 2.24) is 25.1 Å². The minimum atomic E-state index is -0.0341. The molecule has 0 amide bonds. The SMILES string of the molecule is Oc1nc2ccccc2cc1-c1nc2cc3c[nH]nc3cc2[nH]1. The van der Waals surface area contributed by atoms with E-state index in [4.69, 9.17) is 0 Å². The predicted octanol–water partition coefficient (Wildman–Crippen LogP) is 3.36. The first-order valence-electron chi connectivity index (χ1n) is 7.20. The number of para-hydroxylation sites is 1. The van der Waals surface area contributed by atoms with Crippen molar-refractivity contribution >= 4 is 32.8 Å². The minimum Gasteiger partial charge on any atom is -0.493 e. The van der Waals surface area contributed by atoms with Crippen molar-refractivity contribution in [2.75, 3.05) is 0 Å². The van der Waals surface area contributed by atoms with Crippen molar-refractivity contribution in [1.29, 1.82) is 0 Å². The first-order chi connectivity index (χ1) is 11.3. The van der Waals surface area contributed by atoms with Gasteiger partial charge < -0.3 is 10.1 Å². The Hall–Kier alpha value is -3.41. The van der Waals surface area contributed by atoms with Crippen LogP contribution in [-0.4, -0.2) is 30.3 Å². The molecule has 3 N–H and O–H groups in total. The maximum Gasteiger partial charge on any atom is 0.222 e. The summed E-state index contributed by atoms with van der Waals surface area (Å²) in [6.45, 7) is 0. The Bertz CT molecular complexity index is 1140. The number of pyridine rings is 1. The number of rotatable bonds is 1. The number of nitrogens with zero attached hydrogens (tertiary/aromatic N) is 3. The lowest BCUT2D eigenvalue weighted by Crippen LogP contribution is -1.86. The summed E-state index contributed by atoms with van der Waals surface area (Å²) < 4.78 is 0. The van der Waals surface area contributed by atoms with Gasteiger partial charge in [0, 0.05) is 17.0 Å². The predicted molar refractivity (Wildman–Crippen MR) is 88.1 cm³/mol. The molecule has 3 aromatic heterocycles. The van der Waals surface area contributed by atoms with Crippen molar-refractivity contribution in [3.8, 4) is 17.3 Å². The highest BCUT2D eigenvalue weighted by Gasteiger charge is 2.13. The fourth-order valence-corrected chi connectivity index (χ4v) is 2.85. The summed E-state index contributed by atoms with van der Waals surface area (Å²) in [7, 11) is 0. The average molecular weight is 301 g/mol. The number of hydrogen-bond donors (Lipinski definition) is 3. The zero-order valence-corrected chi connectivity index (χ0v) is 11.9. The lowest BCUT2D eigenvalue weighted by Gasteiger charge is -2.03. The molecule has 6 heteroatoms. The number of benzene rings is 2. The molecular formula is C17H11N5O. The van der Waals surface area contributed by atoms with Gasteiger partial charge >= 0.3 is 0 Å². The van der Waals surface area contributed by atoms with Crippen LogP contribution >= 0.6 is 0 Å². The van der Waals surface area contributed by atoms with Gasteiger partial charge in [-0.3, -0.25) is 5.10 Å². The van der Waals surface area contributed by atoms with Gasteiger partial charge in [-0.15, -0.1) is 0 Å². The summed E-state index contributed by atoms with van der Waals surface area (Å²) >= 11 is 0. The summed E-state index contributed by atoms with van der Waals surface area (Å²) in [5.74, 6) is 0.556. The van der Waals surface area contributed by atoms with E-state index in [-0.39, 0.29) is 5.88 Å². The maximum atomic E-state index is 10.2. The molecule has 0 saturated heterocycles. The fourth-order valence-electron chi connectivity index (χ4n) is 2.85. The molecule has 0 aliphatic carbocycles. The third kappa shape index (κ3) is 1.78. The van der Waals surface area contributed by atoms with Gasteiger partial charge in [0.25, 0.3) is 0 Å². The van der Waals surface area contributed by atoms with E-state index in [9.17, 15) is 5.11 Å². The minimum absolute atomic E-state index is 0.0341. The number of aromatic amines is 2. The second-order valence-electron chi connectivity index (χ2n) is 5.45. The fraction of sp³-hybridized carbons (Fsp3) is 0. The van der Waals surface area contributed by atoms with E-state index in [1.165, 1.54) is 0 Å². The summed E-state index contributed by atoms with van der Waals surface area (Å²) in [5, 5.41) is 19.2. The molecule has 0 saturated carbocycles. The highest BCUT2D eigenvalue weighted by molar-refractivity contribution is 5.94. The number of hydrogen-bond acceptors (Lipinski definition) is 4. The van der Waals surface area contributed by atoms with Gasteiger partial charge in [0.1, 0.15) is 5.82 Å². The standard InChI is InChI=1S/C17H11N5O/c23-17-11(5-9-3-1-2-4-12(9)21-17)16-19-14-6-10-8-18-22-13(10)7-15(14)20-16/h1-8H,(H,18,22)(H,19,20)(H,21,23). The highest BCUT2D eigenvalue weighted by Crippen LogP contribution is 2.31. The van der Waals surface area contributed by atoms with Gasteiger partial charge in [-0.2, -0.15) is 5.10 Å². The number of nitrogens with one attached hydrogen (secondary N) is 2. The smallest absolute Gasteiger partial charge is 0.222 e. The lowest BCUT2D eigenvalue weighted by molar-refractivity contribution is 0.457. The van der Waals surface area contributed by atoms with E-state index < -0.39 is 0 Å². The van der Waals surface area contributed by atoms with Crippen LogP contribution < -0.4 is 0 Å². The first-order valence-corrected chi connectivity index (χ1v) is 7.20. The molecule has 0 bridgehead atoms. The van der Waals surface area contributed by atoms with Crippen molar-refractivity contribution in [2.45, 2.75) is 0 Å². The Labute approximate surface area is 129 Å². The molecule has 0 fully saturated rings. The van der Waals surface area contributed by atoms with Crippen molar-refractivity contribution in [2.24, 2.45) is 0 Å². The summed E-state index contributed by atoms with van der Waals surface area (Å²) in [4.78, 5) is 12.1. The van der Waals surface area contributed by atoms with Crippen LogP contribution in [0.5, 0.6) is 5.88 Å². The Morgan fingerprint density at radius 3 is 2.74 bits per heavy atom. The van der Waals surface area contributed by atoms with Gasteiger partial charge in [-0.1, -0.05) is 18.2 Å². The van der Waals surface area contributed by atoms with Crippen LogP contribution in [-0.2, 0) is 0 Å². The summed E-state index contributed by atoms with van der Waals surface area (Å²) in [6.07, 6.45) is 1.83. The molecule has 0 atom stereocenters. The molecule has 0 unspecified atom stereocenters. The lowest BCUT2D eigenvalue weighted by atomic mass is 10.1. The van der Waals surface area contributed by atoms with Crippen LogP contribution in [0.1, 0.15) is 0 Å². The molecule has 5 aromatic rings. The molecule has 23 heavy (non-hydrogen) atoms. The van der Waals surface area contributed by atoms with Crippen molar-refractivity contribution < 1.29 is 5.11 Å². The van der Waals surface area contributed by atoms with E-state index in [1.54, 1.807) is 0 Å². The van der Waals surface area contributed by atoms with E-state index in [0.717, 1.165) is 32.8 Å². The number of fused-ring (bicyclic) bond motifs is 3. The molecule has 110 valence electrons. The number of aromatic hydroxyl groups is 1. The van der Waals surface area contributed by atoms with Gasteiger partial charge in [-0.25, -0.2) is 9.97 Å². The molecule has 0 spiro atoms. The van der Waals surface area contributed by atoms with E-state index >= 15 is 0 Å². The van der Waals surface area contributed by atoms with E-state index in [1.807, 2.05) is 48.7 Å². The summed E-state index contributed by atoms with van der Waals surface area (Å²) in [5.41, 5.74) is 3.89. The Balaban J connectivity index is 1.77. The molecular weight excluding hydrogens is 290 g/mol. The van der Waals surface area contributed by atoms with Crippen LogP contribution in [0.2, 0.25) is 0 Å². The third-order valence-corrected chi connectivity index (χ3v) is 3.99. The third-order valence-electron chi connectivity index (χ3n) is 3.99. The Morgan fingerprint density at radius 1 is 0.870 bits per heavy atom. The zero-order valence-electron chi connectivity index (χ0n) is 11.9. The van der Waals surface area contributed by atoms with Crippen LogP contribution in [0, 0.1) is 0 Å². The molecule has 0 aliphatic heterocycles. The van der Waals surface area contributed by atoms with Crippen LogP contribution in [0.3, 0.4) is 0 Å². The molecule has 2 aromatic carbocycles. The second-order valence-corrected chi connectivity index (χ2v) is 5.45. The summed E-state index contributed by atoms with van der Waals surface area (Å²) in [6, 6.07) is 13.4. The maximum absolute atomic E-state index is 10.2. The number of H-pyrrole nitrogens is 2. The highest BCUT2D eigenvalue weighted by atomic mass is 16.3. The van der Waals surface area contributed by atoms with E-state index in [2.05, 4.69) is 25.1 Å².